The first kappa shape index (κ1) is 15.3. The van der Waals surface area contributed by atoms with E-state index in [1.54, 1.807) is 7.11 Å². The van der Waals surface area contributed by atoms with Gasteiger partial charge in [0.05, 0.1) is 13.5 Å². The van der Waals surface area contributed by atoms with E-state index in [4.69, 9.17) is 10.5 Å². The summed E-state index contributed by atoms with van der Waals surface area (Å²) < 4.78 is 6.28. The SMILES string of the molecule is COc1ccc(Br)cc1CC(=O)N1CCCCC1CN. The monoisotopic (exact) mass is 340 g/mol. The van der Waals surface area contributed by atoms with Crippen LogP contribution >= 0.6 is 15.9 Å². The van der Waals surface area contributed by atoms with E-state index in [9.17, 15) is 4.79 Å². The first-order chi connectivity index (χ1) is 9.65. The minimum absolute atomic E-state index is 0.136. The molecule has 1 fully saturated rings. The van der Waals surface area contributed by atoms with E-state index >= 15 is 0 Å². The van der Waals surface area contributed by atoms with E-state index in [0.29, 0.717) is 13.0 Å². The number of halogens is 1. The molecule has 1 amide bonds. The minimum Gasteiger partial charge on any atom is -0.496 e. The van der Waals surface area contributed by atoms with E-state index in [-0.39, 0.29) is 11.9 Å². The van der Waals surface area contributed by atoms with Gasteiger partial charge in [0.25, 0.3) is 0 Å². The Labute approximate surface area is 128 Å². The van der Waals surface area contributed by atoms with Gasteiger partial charge in [0, 0.05) is 29.2 Å². The molecule has 1 heterocycles. The third-order valence-electron chi connectivity index (χ3n) is 3.80. The Morgan fingerprint density at radius 3 is 3.00 bits per heavy atom. The van der Waals surface area contributed by atoms with Gasteiger partial charge in [-0.1, -0.05) is 15.9 Å². The summed E-state index contributed by atoms with van der Waals surface area (Å²) in [5.74, 6) is 0.888. The maximum absolute atomic E-state index is 12.5. The summed E-state index contributed by atoms with van der Waals surface area (Å²) in [5, 5.41) is 0. The molecule has 0 aliphatic carbocycles. The Morgan fingerprint density at radius 2 is 2.30 bits per heavy atom. The molecular weight excluding hydrogens is 320 g/mol. The molecule has 20 heavy (non-hydrogen) atoms. The number of methoxy groups -OCH3 is 1. The van der Waals surface area contributed by atoms with Crippen molar-refractivity contribution in [3.63, 3.8) is 0 Å². The van der Waals surface area contributed by atoms with Crippen LogP contribution < -0.4 is 10.5 Å². The van der Waals surface area contributed by atoms with Crippen molar-refractivity contribution in [1.82, 2.24) is 4.90 Å². The first-order valence-electron chi connectivity index (χ1n) is 6.97. The third kappa shape index (κ3) is 3.52. The number of carbonyl (C=O) groups is 1. The van der Waals surface area contributed by atoms with Gasteiger partial charge >= 0.3 is 0 Å². The standard InChI is InChI=1S/C15H21BrN2O2/c1-20-14-6-5-12(16)8-11(14)9-15(19)18-7-3-2-4-13(18)10-17/h5-6,8,13H,2-4,7,9-10,17H2,1H3. The number of nitrogens with two attached hydrogens (primary N) is 1. The van der Waals surface area contributed by atoms with E-state index in [1.165, 1.54) is 0 Å². The highest BCUT2D eigenvalue weighted by Crippen LogP contribution is 2.25. The molecule has 5 heteroatoms. The molecule has 1 saturated heterocycles. The largest absolute Gasteiger partial charge is 0.496 e. The van der Waals surface area contributed by atoms with Gasteiger partial charge in [0.15, 0.2) is 0 Å². The van der Waals surface area contributed by atoms with Gasteiger partial charge in [0.2, 0.25) is 5.91 Å². The Balaban J connectivity index is 2.12. The fourth-order valence-corrected chi connectivity index (χ4v) is 3.13. The maximum Gasteiger partial charge on any atom is 0.227 e. The van der Waals surface area contributed by atoms with Crippen LogP contribution in [0.15, 0.2) is 22.7 Å². The highest BCUT2D eigenvalue weighted by molar-refractivity contribution is 9.10. The molecule has 1 atom stereocenters. The summed E-state index contributed by atoms with van der Waals surface area (Å²) >= 11 is 3.44. The molecule has 110 valence electrons. The van der Waals surface area contributed by atoms with Crippen LogP contribution in [0.5, 0.6) is 5.75 Å². The second-order valence-corrected chi connectivity index (χ2v) is 6.02. The van der Waals surface area contributed by atoms with E-state index in [2.05, 4.69) is 15.9 Å². The number of piperidine rings is 1. The van der Waals surface area contributed by atoms with Crippen molar-refractivity contribution >= 4 is 21.8 Å². The van der Waals surface area contributed by atoms with Crippen molar-refractivity contribution in [2.24, 2.45) is 5.73 Å². The minimum atomic E-state index is 0.136. The van der Waals surface area contributed by atoms with Crippen LogP contribution in [0, 0.1) is 0 Å². The van der Waals surface area contributed by atoms with Crippen LogP contribution in [0.4, 0.5) is 0 Å². The summed E-state index contributed by atoms with van der Waals surface area (Å²) in [5.41, 5.74) is 6.69. The molecule has 1 aliphatic rings. The van der Waals surface area contributed by atoms with Crippen molar-refractivity contribution in [3.05, 3.63) is 28.2 Å². The van der Waals surface area contributed by atoms with Crippen LogP contribution in [0.3, 0.4) is 0 Å². The summed E-state index contributed by atoms with van der Waals surface area (Å²) in [7, 11) is 1.63. The smallest absolute Gasteiger partial charge is 0.227 e. The van der Waals surface area contributed by atoms with E-state index in [0.717, 1.165) is 41.6 Å². The molecule has 0 radical (unpaired) electrons. The molecular formula is C15H21BrN2O2. The topological polar surface area (TPSA) is 55.6 Å². The summed E-state index contributed by atoms with van der Waals surface area (Å²) in [4.78, 5) is 14.5. The number of nitrogens with zero attached hydrogens (tertiary/aromatic N) is 1. The summed E-state index contributed by atoms with van der Waals surface area (Å²) in [6.45, 7) is 1.36. The van der Waals surface area contributed by atoms with Crippen LogP contribution in [0.1, 0.15) is 24.8 Å². The van der Waals surface area contributed by atoms with Gasteiger partial charge in [-0.2, -0.15) is 0 Å². The molecule has 1 aliphatic heterocycles. The number of rotatable bonds is 4. The number of ether oxygens (including phenoxy) is 1. The van der Waals surface area contributed by atoms with Crippen molar-refractivity contribution < 1.29 is 9.53 Å². The maximum atomic E-state index is 12.5. The molecule has 1 unspecified atom stereocenters. The zero-order chi connectivity index (χ0) is 14.5. The number of carbonyl (C=O) groups excluding carboxylic acids is 1. The molecule has 0 spiro atoms. The number of hydrogen-bond donors (Lipinski definition) is 1. The lowest BCUT2D eigenvalue weighted by atomic mass is 10.0. The molecule has 1 aromatic rings. The van der Waals surface area contributed by atoms with Crippen LogP contribution in [-0.4, -0.2) is 37.0 Å². The molecule has 2 rings (SSSR count). The average molecular weight is 341 g/mol. The lowest BCUT2D eigenvalue weighted by molar-refractivity contribution is -0.133. The van der Waals surface area contributed by atoms with Crippen molar-refractivity contribution in [2.45, 2.75) is 31.7 Å². The highest BCUT2D eigenvalue weighted by atomic mass is 79.9. The van der Waals surface area contributed by atoms with Crippen molar-refractivity contribution in [2.75, 3.05) is 20.2 Å². The number of amides is 1. The Bertz CT molecular complexity index is 479. The zero-order valence-electron chi connectivity index (χ0n) is 11.8. The first-order valence-corrected chi connectivity index (χ1v) is 7.77. The van der Waals surface area contributed by atoms with Crippen molar-refractivity contribution in [3.8, 4) is 5.75 Å². The molecule has 1 aromatic carbocycles. The third-order valence-corrected chi connectivity index (χ3v) is 4.30. The molecule has 4 nitrogen and oxygen atoms in total. The number of benzene rings is 1. The molecule has 0 saturated carbocycles. The van der Waals surface area contributed by atoms with E-state index in [1.807, 2.05) is 23.1 Å². The number of likely N-dealkylation sites (tertiary alicyclic amines) is 1. The van der Waals surface area contributed by atoms with Gasteiger partial charge in [0.1, 0.15) is 5.75 Å². The molecule has 0 aromatic heterocycles. The normalized spacial score (nSPS) is 18.9. The zero-order valence-corrected chi connectivity index (χ0v) is 13.4. The van der Waals surface area contributed by atoms with Gasteiger partial charge < -0.3 is 15.4 Å². The quantitative estimate of drug-likeness (QED) is 0.915. The second-order valence-electron chi connectivity index (χ2n) is 5.11. The average Bonchev–Trinajstić information content (AvgIpc) is 2.47. The lowest BCUT2D eigenvalue weighted by Gasteiger charge is -2.35. The summed E-state index contributed by atoms with van der Waals surface area (Å²) in [6.07, 6.45) is 3.60. The van der Waals surface area contributed by atoms with Gasteiger partial charge in [-0.05, 0) is 37.5 Å². The fraction of sp³-hybridized carbons (Fsp3) is 0.533. The van der Waals surface area contributed by atoms with Crippen LogP contribution in [0.2, 0.25) is 0 Å². The molecule has 0 bridgehead atoms. The van der Waals surface area contributed by atoms with E-state index < -0.39 is 0 Å². The Hall–Kier alpha value is -1.07. The predicted octanol–water partition coefficient (Wildman–Crippen LogP) is 2.34. The van der Waals surface area contributed by atoms with Gasteiger partial charge in [-0.25, -0.2) is 0 Å². The lowest BCUT2D eigenvalue weighted by Crippen LogP contribution is -2.48. The molecule has 2 N–H and O–H groups in total. The van der Waals surface area contributed by atoms with Crippen LogP contribution in [0.25, 0.3) is 0 Å². The highest BCUT2D eigenvalue weighted by Gasteiger charge is 2.26. The number of hydrogen-bond acceptors (Lipinski definition) is 3. The van der Waals surface area contributed by atoms with Crippen molar-refractivity contribution in [1.29, 1.82) is 0 Å². The fourth-order valence-electron chi connectivity index (χ4n) is 2.72. The summed E-state index contributed by atoms with van der Waals surface area (Å²) in [6, 6.07) is 5.92. The predicted molar refractivity (Wildman–Crippen MR) is 82.8 cm³/mol. The Morgan fingerprint density at radius 1 is 1.50 bits per heavy atom. The Kier molecular flexibility index (Phi) is 5.43. The second kappa shape index (κ2) is 7.09. The van der Waals surface area contributed by atoms with Crippen LogP contribution in [-0.2, 0) is 11.2 Å². The van der Waals surface area contributed by atoms with Gasteiger partial charge in [-0.15, -0.1) is 0 Å². The van der Waals surface area contributed by atoms with Gasteiger partial charge in [-0.3, -0.25) is 4.79 Å².